The van der Waals surface area contributed by atoms with Gasteiger partial charge in [0.1, 0.15) is 23.4 Å². The number of nitrogens with one attached hydrogen (secondary N) is 1. The summed E-state index contributed by atoms with van der Waals surface area (Å²) < 4.78 is 24.3. The van der Waals surface area contributed by atoms with Gasteiger partial charge in [0.2, 0.25) is 5.76 Å². The maximum absolute atomic E-state index is 12.7. The normalized spacial score (nSPS) is 22.3. The summed E-state index contributed by atoms with van der Waals surface area (Å²) in [6, 6.07) is 1.82. The van der Waals surface area contributed by atoms with Crippen molar-refractivity contribution in [2.24, 2.45) is 0 Å². The molecule has 3 aliphatic heterocycles. The van der Waals surface area contributed by atoms with E-state index in [1.165, 1.54) is 6.42 Å². The molecule has 1 fully saturated rings. The molecule has 0 aromatic heterocycles. The monoisotopic (exact) mass is 496 g/mol. The lowest BCUT2D eigenvalue weighted by molar-refractivity contribution is -0.141. The highest BCUT2D eigenvalue weighted by molar-refractivity contribution is 5.95. The van der Waals surface area contributed by atoms with Gasteiger partial charge < -0.3 is 34.3 Å². The van der Waals surface area contributed by atoms with E-state index in [-0.39, 0.29) is 18.5 Å². The Morgan fingerprint density at radius 2 is 2.08 bits per heavy atom. The quantitative estimate of drug-likeness (QED) is 0.547. The molecule has 194 valence electrons. The van der Waals surface area contributed by atoms with Crippen LogP contribution in [0.1, 0.15) is 64.0 Å². The van der Waals surface area contributed by atoms with Gasteiger partial charge in [0.15, 0.2) is 0 Å². The third-order valence-corrected chi connectivity index (χ3v) is 7.11. The number of ether oxygens (including phenoxy) is 4. The highest BCUT2D eigenvalue weighted by Gasteiger charge is 2.40. The highest BCUT2D eigenvalue weighted by atomic mass is 16.6. The Morgan fingerprint density at radius 3 is 2.78 bits per heavy atom. The Bertz CT molecular complexity index is 1090. The number of hydrogen-bond acceptors (Lipinski definition) is 8. The minimum Gasteiger partial charge on any atom is -0.489 e. The fourth-order valence-electron chi connectivity index (χ4n) is 5.11. The number of rotatable bonds is 7. The first-order valence-corrected chi connectivity index (χ1v) is 13.0. The lowest BCUT2D eigenvalue weighted by atomic mass is 9.92. The topological polar surface area (TPSA) is 89.5 Å². The second-order valence-electron chi connectivity index (χ2n) is 10.3. The first-order chi connectivity index (χ1) is 17.3. The Morgan fingerprint density at radius 1 is 1.28 bits per heavy atom. The van der Waals surface area contributed by atoms with Crippen LogP contribution in [0.2, 0.25) is 0 Å². The van der Waals surface area contributed by atoms with Gasteiger partial charge in [-0.25, -0.2) is 4.79 Å². The van der Waals surface area contributed by atoms with Crippen molar-refractivity contribution < 1.29 is 28.8 Å². The average molecular weight is 497 g/mol. The fraction of sp³-hybridized carbons (Fsp3) is 0.536. The Hall–Kier alpha value is -3.13. The number of nitrogens with zero attached hydrogens (tertiary/aromatic N) is 1. The van der Waals surface area contributed by atoms with Crippen LogP contribution in [-0.2, 0) is 16.0 Å². The number of aliphatic hydroxyl groups is 1. The van der Waals surface area contributed by atoms with E-state index >= 15 is 0 Å². The van der Waals surface area contributed by atoms with Crippen LogP contribution in [0.3, 0.4) is 0 Å². The number of carbonyl (C=O) groups is 1. The van der Waals surface area contributed by atoms with Gasteiger partial charge in [0.05, 0.1) is 30.5 Å². The summed E-state index contributed by atoms with van der Waals surface area (Å²) in [5, 5.41) is 13.9. The average Bonchev–Trinajstić information content (AvgIpc) is 3.53. The molecule has 1 aromatic carbocycles. The molecular weight excluding hydrogens is 460 g/mol. The Balaban J connectivity index is 1.59. The third kappa shape index (κ3) is 5.05. The zero-order valence-electron chi connectivity index (χ0n) is 21.3. The van der Waals surface area contributed by atoms with Crippen molar-refractivity contribution in [1.29, 1.82) is 0 Å². The van der Waals surface area contributed by atoms with Gasteiger partial charge >= 0.3 is 5.97 Å². The molecule has 5 rings (SSSR count). The number of hydrogen-bond donors (Lipinski definition) is 2. The largest absolute Gasteiger partial charge is 0.489 e. The van der Waals surface area contributed by atoms with E-state index in [0.717, 1.165) is 54.8 Å². The van der Waals surface area contributed by atoms with E-state index in [9.17, 15) is 9.90 Å². The van der Waals surface area contributed by atoms with Crippen molar-refractivity contribution in [3.63, 3.8) is 0 Å². The number of esters is 1. The van der Waals surface area contributed by atoms with Crippen molar-refractivity contribution in [2.45, 2.75) is 77.1 Å². The standard InChI is InChI=1S/C28H36N2O6/c1-4-33-27(31)23-14-18(10-12-30-13-11-29-17-30)25-22(35-23)16-21-20(15-24(36-21)28(2,3)32)26(25)34-19-8-6-5-7-9-19/h10-11,13-14,16,19,24,29,32H,4-9,12,15,17H2,1-3H3/b18-10+/t24-/m0/s1. The summed E-state index contributed by atoms with van der Waals surface area (Å²) in [6.07, 6.45) is 13.5. The van der Waals surface area contributed by atoms with E-state index in [0.29, 0.717) is 24.5 Å². The number of fused-ring (bicyclic) bond motifs is 2. The summed E-state index contributed by atoms with van der Waals surface area (Å²) in [6.45, 7) is 6.90. The van der Waals surface area contributed by atoms with Gasteiger partial charge in [0, 0.05) is 37.0 Å². The van der Waals surface area contributed by atoms with Gasteiger partial charge in [-0.2, -0.15) is 0 Å². The molecule has 1 aliphatic carbocycles. The van der Waals surface area contributed by atoms with Crippen molar-refractivity contribution in [2.75, 3.05) is 19.8 Å². The van der Waals surface area contributed by atoms with Crippen LogP contribution in [-0.4, -0.2) is 53.6 Å². The van der Waals surface area contributed by atoms with E-state index in [1.807, 2.05) is 18.5 Å². The Kier molecular flexibility index (Phi) is 6.88. The minimum absolute atomic E-state index is 0.109. The lowest BCUT2D eigenvalue weighted by Crippen LogP contribution is -2.39. The van der Waals surface area contributed by atoms with Crippen molar-refractivity contribution in [1.82, 2.24) is 10.2 Å². The molecule has 4 aliphatic rings. The summed E-state index contributed by atoms with van der Waals surface area (Å²) in [4.78, 5) is 14.8. The van der Waals surface area contributed by atoms with E-state index in [1.54, 1.807) is 26.8 Å². The summed E-state index contributed by atoms with van der Waals surface area (Å²) in [5.74, 6) is 1.49. The first kappa shape index (κ1) is 24.6. The van der Waals surface area contributed by atoms with Gasteiger partial charge in [-0.15, -0.1) is 0 Å². The first-order valence-electron chi connectivity index (χ1n) is 13.0. The van der Waals surface area contributed by atoms with Crippen LogP contribution in [0.5, 0.6) is 17.2 Å². The molecule has 2 N–H and O–H groups in total. The van der Waals surface area contributed by atoms with Gasteiger partial charge in [-0.1, -0.05) is 12.5 Å². The van der Waals surface area contributed by atoms with Crippen LogP contribution >= 0.6 is 0 Å². The van der Waals surface area contributed by atoms with Crippen molar-refractivity contribution in [3.05, 3.63) is 47.5 Å². The van der Waals surface area contributed by atoms with Crippen LogP contribution < -0.4 is 19.5 Å². The van der Waals surface area contributed by atoms with Crippen LogP contribution in [0.15, 0.2) is 36.4 Å². The molecule has 3 heterocycles. The molecule has 8 nitrogen and oxygen atoms in total. The maximum atomic E-state index is 12.7. The molecule has 0 radical (unpaired) electrons. The molecule has 0 bridgehead atoms. The molecule has 8 heteroatoms. The zero-order chi connectivity index (χ0) is 25.3. The minimum atomic E-state index is -1.02. The molecule has 0 amide bonds. The third-order valence-electron chi connectivity index (χ3n) is 7.11. The number of carbonyl (C=O) groups excluding carboxylic acids is 1. The molecule has 0 spiro atoms. The predicted octanol–water partition coefficient (Wildman–Crippen LogP) is 4.03. The smallest absolute Gasteiger partial charge is 0.374 e. The molecule has 1 aromatic rings. The van der Waals surface area contributed by atoms with E-state index < -0.39 is 17.7 Å². The summed E-state index contributed by atoms with van der Waals surface area (Å²) >= 11 is 0. The van der Waals surface area contributed by atoms with Gasteiger partial charge in [0.25, 0.3) is 0 Å². The fourth-order valence-corrected chi connectivity index (χ4v) is 5.11. The summed E-state index contributed by atoms with van der Waals surface area (Å²) in [5.41, 5.74) is 1.59. The second kappa shape index (κ2) is 10.1. The maximum Gasteiger partial charge on any atom is 0.374 e. The second-order valence-corrected chi connectivity index (χ2v) is 10.3. The van der Waals surface area contributed by atoms with Gasteiger partial charge in [-0.3, -0.25) is 0 Å². The zero-order valence-corrected chi connectivity index (χ0v) is 21.3. The predicted molar refractivity (Wildman–Crippen MR) is 136 cm³/mol. The molecule has 0 saturated heterocycles. The van der Waals surface area contributed by atoms with E-state index in [4.69, 9.17) is 18.9 Å². The lowest BCUT2D eigenvalue weighted by Gasteiger charge is -2.28. The van der Waals surface area contributed by atoms with Gasteiger partial charge in [-0.05, 0) is 58.1 Å². The summed E-state index contributed by atoms with van der Waals surface area (Å²) in [7, 11) is 0. The van der Waals surface area contributed by atoms with Crippen molar-refractivity contribution >= 4 is 11.5 Å². The van der Waals surface area contributed by atoms with E-state index in [2.05, 4.69) is 16.3 Å². The van der Waals surface area contributed by atoms with Crippen molar-refractivity contribution in [3.8, 4) is 17.2 Å². The van der Waals surface area contributed by atoms with Crippen LogP contribution in [0.25, 0.3) is 5.57 Å². The number of allylic oxidation sites excluding steroid dienone is 2. The molecular formula is C28H36N2O6. The highest BCUT2D eigenvalue weighted by Crippen LogP contribution is 2.51. The molecule has 0 unspecified atom stereocenters. The van der Waals surface area contributed by atoms with Crippen LogP contribution in [0.4, 0.5) is 0 Å². The molecule has 1 atom stereocenters. The molecule has 36 heavy (non-hydrogen) atoms. The van der Waals surface area contributed by atoms with Crippen LogP contribution in [0, 0.1) is 0 Å². The Labute approximate surface area is 212 Å². The molecule has 1 saturated carbocycles. The number of benzene rings is 1. The SMILES string of the molecule is CCOC(=O)C1=C/C(=C\CN2C=CNC2)c2c(cc3c(c2OC2CCCCC2)C[C@@H](C(C)(C)O)O3)O1.